The van der Waals surface area contributed by atoms with Crippen molar-refractivity contribution in [2.45, 2.75) is 46.6 Å². The van der Waals surface area contributed by atoms with Gasteiger partial charge in [0, 0.05) is 25.7 Å². The molecule has 0 N–H and O–H groups in total. The molecule has 0 saturated heterocycles. The molecular weight excluding hydrogens is 350 g/mol. The molecule has 8 heteroatoms. The van der Waals surface area contributed by atoms with Gasteiger partial charge in [0.05, 0.1) is 20.5 Å². The molecule has 0 heterocycles. The van der Waals surface area contributed by atoms with E-state index in [1.807, 2.05) is 0 Å². The van der Waals surface area contributed by atoms with Gasteiger partial charge in [-0.25, -0.2) is 0 Å². The number of hydrogen-bond acceptors (Lipinski definition) is 4. The predicted octanol–water partition coefficient (Wildman–Crippen LogP) is 2.29. The Morgan fingerprint density at radius 2 is 1.15 bits per heavy atom. The van der Waals surface area contributed by atoms with Crippen LogP contribution in [0.5, 0.6) is 0 Å². The number of alkyl halides is 4. The maximum Gasteiger partial charge on any atom is 0.303 e. The van der Waals surface area contributed by atoms with Crippen molar-refractivity contribution in [1.82, 2.24) is 0 Å². The zero-order valence-corrected chi connectivity index (χ0v) is 13.6. The quantitative estimate of drug-likeness (QED) is 0.559. The maximum atomic E-state index is 11.3. The fourth-order valence-corrected chi connectivity index (χ4v) is 6.78. The molecule has 5 saturated carbocycles. The van der Waals surface area contributed by atoms with E-state index in [2.05, 4.69) is 0 Å². The predicted molar refractivity (Wildman–Crippen MR) is 74.5 cm³/mol. The Labute approximate surface area is 135 Å². The van der Waals surface area contributed by atoms with Crippen molar-refractivity contribution in [3.63, 3.8) is 0 Å². The van der Waals surface area contributed by atoms with Crippen LogP contribution in [-0.2, 0) is 19.1 Å². The number of ether oxygens (including phenoxy) is 2. The smallest absolute Gasteiger partial charge is 0.303 e. The first-order chi connectivity index (χ1) is 9.17. The minimum Gasteiger partial charge on any atom is -0.458 e. The average Bonchev–Trinajstić information content (AvgIpc) is 2.33. The lowest BCUT2D eigenvalue weighted by atomic mass is 9.37. The van der Waals surface area contributed by atoms with E-state index in [-0.39, 0.29) is 0 Å². The molecule has 4 bridgehead atoms. The van der Waals surface area contributed by atoms with Crippen molar-refractivity contribution in [2.75, 3.05) is 0 Å². The normalized spacial score (nSPS) is 55.3. The highest BCUT2D eigenvalue weighted by molar-refractivity contribution is 6.48. The SMILES string of the molecule is CC(=O)O[C@@H]1[C@H](OC(C)=O)[C@H]2[C@H](Cl)[C@@]3(Cl)[C@@H]1[C@H](Cl)[C@@]23Cl. The minimum atomic E-state index is -0.927. The molecule has 0 unspecified atom stereocenters. The maximum absolute atomic E-state index is 11.3. The lowest BCUT2D eigenvalue weighted by molar-refractivity contribution is -0.242. The van der Waals surface area contributed by atoms with Gasteiger partial charge in [-0.1, -0.05) is 0 Å². The lowest BCUT2D eigenvalue weighted by Crippen LogP contribution is -2.96. The monoisotopic (exact) mass is 360 g/mol. The van der Waals surface area contributed by atoms with Crippen molar-refractivity contribution >= 4 is 58.3 Å². The molecule has 112 valence electrons. The Balaban J connectivity index is 1.98. The van der Waals surface area contributed by atoms with Gasteiger partial charge in [0.2, 0.25) is 0 Å². The van der Waals surface area contributed by atoms with Crippen LogP contribution in [0.3, 0.4) is 0 Å². The molecule has 0 spiro atoms. The number of rotatable bonds is 2. The van der Waals surface area contributed by atoms with Gasteiger partial charge in [-0.2, -0.15) is 0 Å². The second-order valence-corrected chi connectivity index (χ2v) is 7.73. The highest BCUT2D eigenvalue weighted by atomic mass is 35.5. The van der Waals surface area contributed by atoms with Gasteiger partial charge in [0.15, 0.2) is 0 Å². The van der Waals surface area contributed by atoms with Gasteiger partial charge in [-0.05, 0) is 0 Å². The summed E-state index contributed by atoms with van der Waals surface area (Å²) in [5.74, 6) is -1.86. The Morgan fingerprint density at radius 3 is 1.40 bits per heavy atom. The van der Waals surface area contributed by atoms with E-state index >= 15 is 0 Å². The molecule has 0 radical (unpaired) electrons. The minimum absolute atomic E-state index is 0.441. The van der Waals surface area contributed by atoms with E-state index in [9.17, 15) is 9.59 Å². The van der Waals surface area contributed by atoms with Gasteiger partial charge >= 0.3 is 11.9 Å². The summed E-state index contributed by atoms with van der Waals surface area (Å²) in [4.78, 5) is 20.7. The van der Waals surface area contributed by atoms with E-state index < -0.39 is 56.5 Å². The molecule has 0 aromatic carbocycles. The molecule has 5 aliphatic carbocycles. The Hall–Kier alpha value is 0.1000. The van der Waals surface area contributed by atoms with Gasteiger partial charge in [-0.15, -0.1) is 46.4 Å². The number of hydrogen-bond donors (Lipinski definition) is 0. The number of halogens is 4. The van der Waals surface area contributed by atoms with E-state index in [1.54, 1.807) is 0 Å². The molecule has 0 aromatic rings. The molecular formula is C12H12Cl4O4. The Bertz CT molecular complexity index is 456. The fourth-order valence-electron chi connectivity index (χ4n) is 3.94. The third-order valence-electron chi connectivity index (χ3n) is 4.63. The van der Waals surface area contributed by atoms with Crippen LogP contribution in [0.25, 0.3) is 0 Å². The number of carbonyl (C=O) groups excluding carboxylic acids is 2. The summed E-state index contributed by atoms with van der Waals surface area (Å²) >= 11 is 25.7. The highest BCUT2D eigenvalue weighted by Crippen LogP contribution is 2.79. The van der Waals surface area contributed by atoms with E-state index in [0.29, 0.717) is 0 Å². The summed E-state index contributed by atoms with van der Waals surface area (Å²) in [6, 6.07) is 0. The van der Waals surface area contributed by atoms with E-state index in [4.69, 9.17) is 55.9 Å². The van der Waals surface area contributed by atoms with Crippen LogP contribution in [-0.4, -0.2) is 44.6 Å². The van der Waals surface area contributed by atoms with E-state index in [0.717, 1.165) is 0 Å². The van der Waals surface area contributed by atoms with Crippen LogP contribution >= 0.6 is 46.4 Å². The molecule has 0 amide bonds. The molecule has 5 fully saturated rings. The van der Waals surface area contributed by atoms with Gasteiger partial charge in [-0.3, -0.25) is 9.59 Å². The van der Waals surface area contributed by atoms with Gasteiger partial charge < -0.3 is 9.47 Å². The zero-order chi connectivity index (χ0) is 15.0. The summed E-state index contributed by atoms with van der Waals surface area (Å²) in [5.41, 5.74) is 0. The molecule has 20 heavy (non-hydrogen) atoms. The third-order valence-corrected chi connectivity index (χ3v) is 7.78. The first-order valence-electron chi connectivity index (χ1n) is 6.17. The molecule has 5 aliphatic rings. The second-order valence-electron chi connectivity index (χ2n) is 5.54. The highest BCUT2D eigenvalue weighted by Gasteiger charge is 2.92. The summed E-state index contributed by atoms with van der Waals surface area (Å²) in [5, 5.41) is -0.948. The number of carbonyl (C=O) groups is 2. The van der Waals surface area contributed by atoms with Crippen molar-refractivity contribution in [3.05, 3.63) is 0 Å². The van der Waals surface area contributed by atoms with Crippen LogP contribution in [0.4, 0.5) is 0 Å². The summed E-state index contributed by atoms with van der Waals surface area (Å²) < 4.78 is 10.6. The van der Waals surface area contributed by atoms with Crippen molar-refractivity contribution < 1.29 is 19.1 Å². The van der Waals surface area contributed by atoms with Crippen LogP contribution in [0, 0.1) is 11.8 Å². The third kappa shape index (κ3) is 1.42. The number of esters is 2. The summed E-state index contributed by atoms with van der Waals surface area (Å²) in [6.45, 7) is 2.56. The first-order valence-corrected chi connectivity index (χ1v) is 7.80. The largest absolute Gasteiger partial charge is 0.458 e. The summed E-state index contributed by atoms with van der Waals surface area (Å²) in [7, 11) is 0. The van der Waals surface area contributed by atoms with Crippen LogP contribution < -0.4 is 0 Å². The zero-order valence-electron chi connectivity index (χ0n) is 10.6. The first kappa shape index (κ1) is 15.0. The van der Waals surface area contributed by atoms with Crippen molar-refractivity contribution in [1.29, 1.82) is 0 Å². The van der Waals surface area contributed by atoms with E-state index in [1.165, 1.54) is 13.8 Å². The Kier molecular flexibility index (Phi) is 3.24. The molecule has 4 nitrogen and oxygen atoms in total. The fraction of sp³-hybridized carbons (Fsp3) is 0.833. The van der Waals surface area contributed by atoms with Crippen LogP contribution in [0.1, 0.15) is 13.8 Å². The molecule has 0 aromatic heterocycles. The summed E-state index contributed by atoms with van der Waals surface area (Å²) in [6.07, 6.45) is -1.42. The van der Waals surface area contributed by atoms with Gasteiger partial charge in [0.25, 0.3) is 0 Å². The van der Waals surface area contributed by atoms with Crippen LogP contribution in [0.15, 0.2) is 0 Å². The van der Waals surface area contributed by atoms with Crippen LogP contribution in [0.2, 0.25) is 0 Å². The standard InChI is InChI=1S/C12H12Cl4O4/c1-3(17)19-7-5-9(13)12(16)6(8(7)20-4(2)18)10(14)11(5,12)15/h5-10H,1-2H3/t5-,6-,7-,8+,9-,10-,11-,12-/m0/s1. The molecule has 0 aliphatic heterocycles. The average molecular weight is 362 g/mol. The topological polar surface area (TPSA) is 52.6 Å². The lowest BCUT2D eigenvalue weighted by Gasteiger charge is -2.80. The molecule has 5 rings (SSSR count). The van der Waals surface area contributed by atoms with Gasteiger partial charge in [0.1, 0.15) is 12.2 Å². The second kappa shape index (κ2) is 4.31. The van der Waals surface area contributed by atoms with Crippen molar-refractivity contribution in [2.24, 2.45) is 11.8 Å². The Morgan fingerprint density at radius 1 is 0.850 bits per heavy atom. The molecule has 8 atom stereocenters. The van der Waals surface area contributed by atoms with Crippen molar-refractivity contribution in [3.8, 4) is 0 Å².